The van der Waals surface area contributed by atoms with Gasteiger partial charge in [0.25, 0.3) is 10.1 Å². The highest BCUT2D eigenvalue weighted by Gasteiger charge is 2.26. The number of hydrogen-bond donors (Lipinski definition) is 1. The van der Waals surface area contributed by atoms with E-state index in [1.54, 1.807) is 6.92 Å². The second kappa shape index (κ2) is 14.0. The molecule has 0 aliphatic rings. The van der Waals surface area contributed by atoms with Gasteiger partial charge in [-0.2, -0.15) is 8.42 Å². The maximum atomic E-state index is 11.4. The molecular formula is C24H42O4S. The monoisotopic (exact) mass is 426 g/mol. The number of ether oxygens (including phenoxy) is 1. The van der Waals surface area contributed by atoms with Crippen molar-refractivity contribution in [2.45, 2.75) is 116 Å². The lowest BCUT2D eigenvalue weighted by atomic mass is 9.99. The van der Waals surface area contributed by atoms with Crippen LogP contribution in [0.1, 0.15) is 103 Å². The zero-order valence-corrected chi connectivity index (χ0v) is 19.8. The van der Waals surface area contributed by atoms with Gasteiger partial charge in [0, 0.05) is 0 Å². The second-order valence-electron chi connectivity index (χ2n) is 8.36. The van der Waals surface area contributed by atoms with Crippen LogP contribution in [0, 0.1) is 0 Å². The van der Waals surface area contributed by atoms with E-state index in [1.165, 1.54) is 69.4 Å². The first-order valence-corrected chi connectivity index (χ1v) is 13.0. The molecule has 0 fully saturated rings. The molecule has 0 radical (unpaired) electrons. The Morgan fingerprint density at radius 2 is 1.24 bits per heavy atom. The molecule has 0 bridgehead atoms. The highest BCUT2D eigenvalue weighted by atomic mass is 32.2. The minimum atomic E-state index is -4.11. The van der Waals surface area contributed by atoms with Gasteiger partial charge in [0.1, 0.15) is 17.1 Å². The fourth-order valence-electron chi connectivity index (χ4n) is 3.50. The second-order valence-corrected chi connectivity index (χ2v) is 10.1. The highest BCUT2D eigenvalue weighted by molar-refractivity contribution is 7.86. The number of benzene rings is 1. The summed E-state index contributed by atoms with van der Waals surface area (Å²) in [6.45, 7) is 7.62. The summed E-state index contributed by atoms with van der Waals surface area (Å²) in [5.41, 5.74) is 2.52. The third kappa shape index (κ3) is 11.0. The summed E-state index contributed by atoms with van der Waals surface area (Å²) in [5, 5.41) is -0.960. The molecule has 0 saturated heterocycles. The number of rotatable bonds is 16. The van der Waals surface area contributed by atoms with Crippen LogP contribution in [0.3, 0.4) is 0 Å². The van der Waals surface area contributed by atoms with Crippen LogP contribution in [0.4, 0.5) is 0 Å². The van der Waals surface area contributed by atoms with Gasteiger partial charge >= 0.3 is 0 Å². The first-order valence-electron chi connectivity index (χ1n) is 11.5. The van der Waals surface area contributed by atoms with Crippen molar-refractivity contribution < 1.29 is 17.7 Å². The van der Waals surface area contributed by atoms with Crippen LogP contribution in [0.2, 0.25) is 0 Å². The lowest BCUT2D eigenvalue weighted by Gasteiger charge is -2.20. The van der Waals surface area contributed by atoms with E-state index >= 15 is 0 Å². The van der Waals surface area contributed by atoms with E-state index < -0.39 is 21.5 Å². The first kappa shape index (κ1) is 26.0. The van der Waals surface area contributed by atoms with Crippen molar-refractivity contribution in [2.75, 3.05) is 0 Å². The van der Waals surface area contributed by atoms with E-state index in [-0.39, 0.29) is 0 Å². The highest BCUT2D eigenvalue weighted by Crippen LogP contribution is 2.23. The molecule has 0 spiro atoms. The summed E-state index contributed by atoms with van der Waals surface area (Å²) in [7, 11) is -4.11. The van der Waals surface area contributed by atoms with E-state index in [2.05, 4.69) is 19.9 Å². The number of aryl methyl sites for hydroxylation is 2. The Hall–Kier alpha value is -1.07. The van der Waals surface area contributed by atoms with Crippen molar-refractivity contribution in [1.82, 2.24) is 0 Å². The molecule has 1 rings (SSSR count). The van der Waals surface area contributed by atoms with Crippen LogP contribution >= 0.6 is 0 Å². The minimum absolute atomic E-state index is 0.609. The van der Waals surface area contributed by atoms with Crippen LogP contribution in [0.5, 0.6) is 5.75 Å². The van der Waals surface area contributed by atoms with E-state index in [0.717, 1.165) is 25.7 Å². The van der Waals surface area contributed by atoms with Gasteiger partial charge in [-0.15, -0.1) is 0 Å². The van der Waals surface area contributed by atoms with Crippen molar-refractivity contribution in [3.8, 4) is 5.75 Å². The van der Waals surface area contributed by atoms with Crippen LogP contribution in [-0.4, -0.2) is 24.3 Å². The maximum absolute atomic E-state index is 11.4. The van der Waals surface area contributed by atoms with Gasteiger partial charge in [0.2, 0.25) is 0 Å². The molecule has 0 amide bonds. The van der Waals surface area contributed by atoms with E-state index in [0.29, 0.717) is 5.75 Å². The smallest absolute Gasteiger partial charge is 0.271 e. The average molecular weight is 427 g/mol. The Morgan fingerprint density at radius 3 is 1.66 bits per heavy atom. The topological polar surface area (TPSA) is 63.6 Å². The van der Waals surface area contributed by atoms with Crippen molar-refractivity contribution in [2.24, 2.45) is 0 Å². The van der Waals surface area contributed by atoms with Crippen LogP contribution in [0.15, 0.2) is 18.2 Å². The molecule has 4 nitrogen and oxygen atoms in total. The summed E-state index contributed by atoms with van der Waals surface area (Å²) < 4.78 is 38.1. The molecule has 29 heavy (non-hydrogen) atoms. The summed E-state index contributed by atoms with van der Waals surface area (Å²) in [6, 6.07) is 6.35. The van der Waals surface area contributed by atoms with Crippen LogP contribution in [0.25, 0.3) is 0 Å². The Bertz CT molecular complexity index is 637. The lowest BCUT2D eigenvalue weighted by Crippen LogP contribution is -2.33. The largest absolute Gasteiger partial charge is 0.489 e. The van der Waals surface area contributed by atoms with Crippen LogP contribution in [-0.2, 0) is 23.0 Å². The Labute approximate surface area is 179 Å². The van der Waals surface area contributed by atoms with Gasteiger partial charge in [-0.25, -0.2) is 0 Å². The molecule has 0 saturated carbocycles. The Morgan fingerprint density at radius 1 is 0.793 bits per heavy atom. The molecule has 0 heterocycles. The Kier molecular flexibility index (Phi) is 12.6. The zero-order valence-electron chi connectivity index (χ0n) is 19.0. The van der Waals surface area contributed by atoms with Gasteiger partial charge in [-0.05, 0) is 62.8 Å². The zero-order chi connectivity index (χ0) is 21.7. The fraction of sp³-hybridized carbons (Fsp3) is 0.750. The van der Waals surface area contributed by atoms with Crippen molar-refractivity contribution >= 4 is 10.1 Å². The van der Waals surface area contributed by atoms with Gasteiger partial charge in [0.05, 0.1) is 0 Å². The normalized spacial score (nSPS) is 14.0. The van der Waals surface area contributed by atoms with Crippen molar-refractivity contribution in [3.05, 3.63) is 29.3 Å². The van der Waals surface area contributed by atoms with Crippen molar-refractivity contribution in [1.29, 1.82) is 0 Å². The van der Waals surface area contributed by atoms with E-state index in [1.807, 2.05) is 12.1 Å². The van der Waals surface area contributed by atoms with Gasteiger partial charge in [-0.1, -0.05) is 71.3 Å². The van der Waals surface area contributed by atoms with Crippen LogP contribution < -0.4 is 4.74 Å². The Balaban J connectivity index is 2.80. The summed E-state index contributed by atoms with van der Waals surface area (Å²) in [6.07, 6.45) is 13.9. The van der Waals surface area contributed by atoms with Gasteiger partial charge in [-0.3, -0.25) is 4.55 Å². The summed E-state index contributed by atoms with van der Waals surface area (Å²) >= 11 is 0. The molecule has 2 unspecified atom stereocenters. The molecule has 1 aromatic rings. The molecule has 1 N–H and O–H groups in total. The van der Waals surface area contributed by atoms with Gasteiger partial charge in [0.15, 0.2) is 0 Å². The molecule has 0 aliphatic carbocycles. The molecule has 0 aromatic heterocycles. The number of unbranched alkanes of at least 4 members (excludes halogenated alkanes) is 8. The third-order valence-electron chi connectivity index (χ3n) is 5.62. The SMILES string of the molecule is CCCCCCCc1cc(CCCCCCC)cc(OC(C)C(C)S(=O)(=O)O)c1. The summed E-state index contributed by atoms with van der Waals surface area (Å²) in [4.78, 5) is 0. The molecule has 168 valence electrons. The predicted molar refractivity (Wildman–Crippen MR) is 122 cm³/mol. The fourth-order valence-corrected chi connectivity index (χ4v) is 4.04. The maximum Gasteiger partial charge on any atom is 0.271 e. The predicted octanol–water partition coefficient (Wildman–Crippen LogP) is 6.76. The third-order valence-corrected chi connectivity index (χ3v) is 6.94. The summed E-state index contributed by atoms with van der Waals surface area (Å²) in [5.74, 6) is 0.711. The lowest BCUT2D eigenvalue weighted by molar-refractivity contribution is 0.214. The average Bonchev–Trinajstić information content (AvgIpc) is 2.66. The van der Waals surface area contributed by atoms with E-state index in [4.69, 9.17) is 4.74 Å². The molecule has 0 aliphatic heterocycles. The quantitative estimate of drug-likeness (QED) is 0.234. The van der Waals surface area contributed by atoms with E-state index in [9.17, 15) is 13.0 Å². The molecule has 5 heteroatoms. The van der Waals surface area contributed by atoms with Crippen molar-refractivity contribution in [3.63, 3.8) is 0 Å². The first-order chi connectivity index (χ1) is 13.8. The number of hydrogen-bond acceptors (Lipinski definition) is 3. The van der Waals surface area contributed by atoms with Gasteiger partial charge < -0.3 is 4.74 Å². The standard InChI is InChI=1S/C24H42O4S/c1-5-7-9-11-13-15-22-17-23(16-14-12-10-8-6-2)19-24(18-22)28-20(3)21(4)29(25,26)27/h17-21H,5-16H2,1-4H3,(H,25,26,27). The molecule has 2 atom stereocenters. The molecular weight excluding hydrogens is 384 g/mol. The molecule has 1 aromatic carbocycles. The minimum Gasteiger partial charge on any atom is -0.489 e.